The first kappa shape index (κ1) is 18.9. The van der Waals surface area contributed by atoms with Crippen molar-refractivity contribution in [2.45, 2.75) is 12.5 Å². The van der Waals surface area contributed by atoms with E-state index in [0.717, 1.165) is 5.56 Å². The molecule has 2 N–H and O–H groups in total. The molecule has 0 bridgehead atoms. The van der Waals surface area contributed by atoms with Crippen LogP contribution in [0.25, 0.3) is 11.4 Å². The van der Waals surface area contributed by atoms with Crippen LogP contribution in [0.4, 0.5) is 11.6 Å². The average Bonchev–Trinajstić information content (AvgIpc) is 3.22. The minimum atomic E-state index is -0.837. The number of carbonyl (C=O) groups is 2. The number of carbonyl (C=O) groups excluding carboxylic acids is 2. The van der Waals surface area contributed by atoms with E-state index in [1.165, 1.54) is 4.68 Å². The quantitative estimate of drug-likeness (QED) is 0.664. The number of amides is 2. The molecular formula is C21H19N5O5. The van der Waals surface area contributed by atoms with Crippen LogP contribution in [0.15, 0.2) is 42.5 Å². The van der Waals surface area contributed by atoms with Crippen molar-refractivity contribution in [3.63, 3.8) is 0 Å². The Hall–Kier alpha value is -4.08. The number of methoxy groups -OCH3 is 1. The number of hydrogen-bond acceptors (Lipinski definition) is 7. The van der Waals surface area contributed by atoms with E-state index in [9.17, 15) is 9.59 Å². The summed E-state index contributed by atoms with van der Waals surface area (Å²) < 4.78 is 17.7. The van der Waals surface area contributed by atoms with Crippen LogP contribution >= 0.6 is 0 Å². The summed E-state index contributed by atoms with van der Waals surface area (Å²) in [6, 6.07) is 11.5. The van der Waals surface area contributed by atoms with Gasteiger partial charge in [-0.2, -0.15) is 4.98 Å². The molecule has 3 heterocycles. The maximum Gasteiger partial charge on any atom is 0.249 e. The van der Waals surface area contributed by atoms with Gasteiger partial charge in [0.25, 0.3) is 0 Å². The van der Waals surface area contributed by atoms with Crippen LogP contribution < -0.4 is 24.8 Å². The highest BCUT2D eigenvalue weighted by atomic mass is 16.6. The Labute approximate surface area is 177 Å². The highest BCUT2D eigenvalue weighted by molar-refractivity contribution is 6.01. The van der Waals surface area contributed by atoms with Crippen LogP contribution in [-0.2, 0) is 9.59 Å². The molecule has 0 unspecified atom stereocenters. The van der Waals surface area contributed by atoms with Gasteiger partial charge in [0.1, 0.15) is 25.0 Å². The van der Waals surface area contributed by atoms with Gasteiger partial charge in [-0.15, -0.1) is 5.10 Å². The SMILES string of the molecule is COc1ccc(-c2nc3n(n2)[C@H](C(=O)Nc2ccc4c(c2)OCCO4)CC(=O)N3)cc1. The van der Waals surface area contributed by atoms with Gasteiger partial charge in [0, 0.05) is 17.3 Å². The molecule has 0 spiro atoms. The number of fused-ring (bicyclic) bond motifs is 2. The second kappa shape index (κ2) is 7.63. The van der Waals surface area contributed by atoms with E-state index >= 15 is 0 Å². The Balaban J connectivity index is 1.40. The standard InChI is InChI=1S/C21H19N5O5/c1-29-14-5-2-12(3-6-14)19-24-21-23-18(27)11-15(26(21)25-19)20(28)22-13-4-7-16-17(10-13)31-9-8-30-16/h2-7,10,15H,8-9,11H2,1H3,(H,22,28)(H,23,24,25,27)/t15-/m0/s1. The van der Waals surface area contributed by atoms with Crippen molar-refractivity contribution in [2.24, 2.45) is 0 Å². The highest BCUT2D eigenvalue weighted by Gasteiger charge is 2.33. The van der Waals surface area contributed by atoms with Gasteiger partial charge in [-0.25, -0.2) is 4.68 Å². The van der Waals surface area contributed by atoms with E-state index in [2.05, 4.69) is 20.7 Å². The predicted molar refractivity (Wildman–Crippen MR) is 110 cm³/mol. The molecule has 3 aromatic rings. The molecule has 0 saturated carbocycles. The molecular weight excluding hydrogens is 402 g/mol. The smallest absolute Gasteiger partial charge is 0.249 e. The number of nitrogens with one attached hydrogen (secondary N) is 2. The minimum absolute atomic E-state index is 0.0468. The third-order valence-corrected chi connectivity index (χ3v) is 5.02. The zero-order chi connectivity index (χ0) is 21.4. The monoisotopic (exact) mass is 421 g/mol. The van der Waals surface area contributed by atoms with Gasteiger partial charge in [-0.1, -0.05) is 0 Å². The van der Waals surface area contributed by atoms with Gasteiger partial charge in [-0.05, 0) is 36.4 Å². The van der Waals surface area contributed by atoms with Crippen LogP contribution in [0.3, 0.4) is 0 Å². The summed E-state index contributed by atoms with van der Waals surface area (Å²) in [5, 5.41) is 9.97. The fraction of sp³-hybridized carbons (Fsp3) is 0.238. The third kappa shape index (κ3) is 3.63. The Morgan fingerprint density at radius 1 is 1.16 bits per heavy atom. The Bertz CT molecular complexity index is 1160. The van der Waals surface area contributed by atoms with Crippen molar-refractivity contribution in [3.8, 4) is 28.6 Å². The van der Waals surface area contributed by atoms with Gasteiger partial charge in [0.2, 0.25) is 17.8 Å². The average molecular weight is 421 g/mol. The fourth-order valence-electron chi connectivity index (χ4n) is 3.48. The van der Waals surface area contributed by atoms with Gasteiger partial charge < -0.3 is 19.5 Å². The number of aromatic nitrogens is 3. The lowest BCUT2D eigenvalue weighted by Gasteiger charge is -2.23. The number of ether oxygens (including phenoxy) is 3. The molecule has 10 nitrogen and oxygen atoms in total. The Morgan fingerprint density at radius 2 is 1.94 bits per heavy atom. The fourth-order valence-corrected chi connectivity index (χ4v) is 3.48. The summed E-state index contributed by atoms with van der Waals surface area (Å²) in [6.45, 7) is 0.936. The Morgan fingerprint density at radius 3 is 2.71 bits per heavy atom. The number of benzene rings is 2. The highest BCUT2D eigenvalue weighted by Crippen LogP contribution is 2.33. The van der Waals surface area contributed by atoms with Gasteiger partial charge >= 0.3 is 0 Å². The molecule has 1 aromatic heterocycles. The molecule has 0 radical (unpaired) electrons. The lowest BCUT2D eigenvalue weighted by molar-refractivity contribution is -0.125. The molecule has 1 atom stereocenters. The van der Waals surface area contributed by atoms with Crippen LogP contribution in [0.2, 0.25) is 0 Å². The van der Waals surface area contributed by atoms with E-state index in [0.29, 0.717) is 42.0 Å². The number of nitrogens with zero attached hydrogens (tertiary/aromatic N) is 3. The largest absolute Gasteiger partial charge is 0.497 e. The first-order chi connectivity index (χ1) is 15.1. The van der Waals surface area contributed by atoms with Gasteiger partial charge in [0.15, 0.2) is 17.3 Å². The molecule has 2 aromatic carbocycles. The number of rotatable bonds is 4. The summed E-state index contributed by atoms with van der Waals surface area (Å²) in [6.07, 6.45) is -0.0468. The summed E-state index contributed by atoms with van der Waals surface area (Å²) in [5.41, 5.74) is 1.28. The van der Waals surface area contributed by atoms with Crippen molar-refractivity contribution in [3.05, 3.63) is 42.5 Å². The van der Waals surface area contributed by atoms with E-state index in [1.807, 2.05) is 12.1 Å². The van der Waals surface area contributed by atoms with Crippen molar-refractivity contribution in [1.82, 2.24) is 14.8 Å². The molecule has 31 heavy (non-hydrogen) atoms. The number of anilines is 2. The van der Waals surface area contributed by atoms with E-state index < -0.39 is 6.04 Å². The molecule has 2 aliphatic rings. The van der Waals surface area contributed by atoms with Crippen molar-refractivity contribution >= 4 is 23.5 Å². The topological polar surface area (TPSA) is 117 Å². The van der Waals surface area contributed by atoms with Gasteiger partial charge in [0.05, 0.1) is 13.5 Å². The molecule has 5 rings (SSSR count). The van der Waals surface area contributed by atoms with Gasteiger partial charge in [-0.3, -0.25) is 14.9 Å². The van der Waals surface area contributed by atoms with Crippen molar-refractivity contribution in [1.29, 1.82) is 0 Å². The van der Waals surface area contributed by atoms with E-state index in [1.54, 1.807) is 37.4 Å². The normalized spacial score (nSPS) is 16.8. The maximum absolute atomic E-state index is 13.0. The molecule has 158 valence electrons. The zero-order valence-corrected chi connectivity index (χ0v) is 16.6. The van der Waals surface area contributed by atoms with Crippen molar-refractivity contribution in [2.75, 3.05) is 31.0 Å². The van der Waals surface area contributed by atoms with Crippen molar-refractivity contribution < 1.29 is 23.8 Å². The van der Waals surface area contributed by atoms with Crippen LogP contribution in [0.5, 0.6) is 17.2 Å². The maximum atomic E-state index is 13.0. The first-order valence-electron chi connectivity index (χ1n) is 9.72. The lowest BCUT2D eigenvalue weighted by atomic mass is 10.1. The first-order valence-corrected chi connectivity index (χ1v) is 9.72. The van der Waals surface area contributed by atoms with E-state index in [4.69, 9.17) is 14.2 Å². The molecule has 10 heteroatoms. The van der Waals surface area contributed by atoms with E-state index in [-0.39, 0.29) is 24.2 Å². The molecule has 0 saturated heterocycles. The summed E-state index contributed by atoms with van der Waals surface area (Å²) >= 11 is 0. The zero-order valence-electron chi connectivity index (χ0n) is 16.6. The van der Waals surface area contributed by atoms with Crippen LogP contribution in [0.1, 0.15) is 12.5 Å². The third-order valence-electron chi connectivity index (χ3n) is 5.02. The predicted octanol–water partition coefficient (Wildman–Crippen LogP) is 2.25. The molecule has 2 amide bonds. The summed E-state index contributed by atoms with van der Waals surface area (Å²) in [4.78, 5) is 29.6. The minimum Gasteiger partial charge on any atom is -0.497 e. The summed E-state index contributed by atoms with van der Waals surface area (Å²) in [5.74, 6) is 1.85. The summed E-state index contributed by atoms with van der Waals surface area (Å²) in [7, 11) is 1.59. The Kier molecular flexibility index (Phi) is 4.66. The molecule has 0 aliphatic carbocycles. The lowest BCUT2D eigenvalue weighted by Crippen LogP contribution is -2.36. The van der Waals surface area contributed by atoms with Crippen LogP contribution in [-0.4, -0.2) is 46.9 Å². The second-order valence-electron chi connectivity index (χ2n) is 7.05. The van der Waals surface area contributed by atoms with Crippen LogP contribution in [0, 0.1) is 0 Å². The molecule has 2 aliphatic heterocycles. The second-order valence-corrected chi connectivity index (χ2v) is 7.05. The number of hydrogen-bond donors (Lipinski definition) is 2. The molecule has 0 fully saturated rings.